The SMILES string of the molecule is Cc1cnn(C2CCCN(C(=O)NCC(C)c3c(C)noc3C)C2)c1. The Balaban J connectivity index is 1.56. The van der Waals surface area contributed by atoms with E-state index in [9.17, 15) is 4.79 Å². The number of aryl methyl sites for hydroxylation is 3. The monoisotopic (exact) mass is 345 g/mol. The van der Waals surface area contributed by atoms with Gasteiger partial charge in [-0.15, -0.1) is 0 Å². The number of hydrogen-bond donors (Lipinski definition) is 1. The van der Waals surface area contributed by atoms with Crippen molar-refractivity contribution >= 4 is 6.03 Å². The van der Waals surface area contributed by atoms with Gasteiger partial charge in [0.15, 0.2) is 0 Å². The molecule has 2 aromatic rings. The van der Waals surface area contributed by atoms with E-state index in [4.69, 9.17) is 4.52 Å². The van der Waals surface area contributed by atoms with E-state index in [0.29, 0.717) is 13.1 Å². The fraction of sp³-hybridized carbons (Fsp3) is 0.611. The third-order valence-electron chi connectivity index (χ3n) is 4.93. The highest BCUT2D eigenvalue weighted by Crippen LogP contribution is 2.23. The quantitative estimate of drug-likeness (QED) is 0.924. The molecule has 7 nitrogen and oxygen atoms in total. The molecule has 1 N–H and O–H groups in total. The second-order valence-corrected chi connectivity index (χ2v) is 7.06. The molecule has 0 saturated carbocycles. The number of carbonyl (C=O) groups is 1. The molecule has 0 aliphatic carbocycles. The smallest absolute Gasteiger partial charge is 0.317 e. The highest BCUT2D eigenvalue weighted by atomic mass is 16.5. The summed E-state index contributed by atoms with van der Waals surface area (Å²) in [5.74, 6) is 0.996. The van der Waals surface area contributed by atoms with Gasteiger partial charge in [0.2, 0.25) is 0 Å². The second kappa shape index (κ2) is 7.29. The lowest BCUT2D eigenvalue weighted by atomic mass is 9.99. The van der Waals surface area contributed by atoms with Gasteiger partial charge in [0.1, 0.15) is 5.76 Å². The molecule has 2 unspecified atom stereocenters. The van der Waals surface area contributed by atoms with E-state index in [2.05, 4.69) is 22.5 Å². The Morgan fingerprint density at radius 3 is 2.88 bits per heavy atom. The third kappa shape index (κ3) is 3.86. The van der Waals surface area contributed by atoms with Gasteiger partial charge in [-0.3, -0.25) is 4.68 Å². The van der Waals surface area contributed by atoms with Crippen LogP contribution in [0.5, 0.6) is 0 Å². The van der Waals surface area contributed by atoms with Gasteiger partial charge in [0.05, 0.1) is 17.9 Å². The molecule has 0 aromatic carbocycles. The van der Waals surface area contributed by atoms with Crippen molar-refractivity contribution in [2.45, 2.75) is 52.5 Å². The lowest BCUT2D eigenvalue weighted by molar-refractivity contribution is 0.163. The lowest BCUT2D eigenvalue weighted by Gasteiger charge is -2.33. The Hall–Kier alpha value is -2.31. The maximum absolute atomic E-state index is 12.6. The number of likely N-dealkylation sites (tertiary alicyclic amines) is 1. The number of nitrogens with zero attached hydrogens (tertiary/aromatic N) is 4. The first kappa shape index (κ1) is 17.5. The zero-order valence-corrected chi connectivity index (χ0v) is 15.5. The van der Waals surface area contributed by atoms with Crippen LogP contribution in [0.25, 0.3) is 0 Å². The molecule has 2 amide bonds. The number of amides is 2. The highest BCUT2D eigenvalue weighted by molar-refractivity contribution is 5.74. The summed E-state index contributed by atoms with van der Waals surface area (Å²) in [5.41, 5.74) is 3.13. The summed E-state index contributed by atoms with van der Waals surface area (Å²) < 4.78 is 7.21. The van der Waals surface area contributed by atoms with Crippen molar-refractivity contribution in [3.8, 4) is 0 Å². The minimum absolute atomic E-state index is 0.00723. The van der Waals surface area contributed by atoms with Crippen molar-refractivity contribution in [1.82, 2.24) is 25.2 Å². The number of rotatable bonds is 4. The van der Waals surface area contributed by atoms with Crippen LogP contribution < -0.4 is 5.32 Å². The van der Waals surface area contributed by atoms with Crippen LogP contribution in [0.2, 0.25) is 0 Å². The molecule has 2 aromatic heterocycles. The molecule has 1 saturated heterocycles. The van der Waals surface area contributed by atoms with Crippen molar-refractivity contribution < 1.29 is 9.32 Å². The largest absolute Gasteiger partial charge is 0.361 e. The molecule has 7 heteroatoms. The Bertz CT molecular complexity index is 716. The van der Waals surface area contributed by atoms with Gasteiger partial charge in [-0.1, -0.05) is 12.1 Å². The Labute approximate surface area is 148 Å². The van der Waals surface area contributed by atoms with Crippen LogP contribution in [0.1, 0.15) is 54.3 Å². The summed E-state index contributed by atoms with van der Waals surface area (Å²) in [6.45, 7) is 10.0. The van der Waals surface area contributed by atoms with Crippen LogP contribution in [0.4, 0.5) is 4.79 Å². The molecule has 3 rings (SSSR count). The van der Waals surface area contributed by atoms with Crippen LogP contribution in [0.3, 0.4) is 0 Å². The van der Waals surface area contributed by atoms with Gasteiger partial charge < -0.3 is 14.7 Å². The van der Waals surface area contributed by atoms with Crippen LogP contribution in [0.15, 0.2) is 16.9 Å². The summed E-state index contributed by atoms with van der Waals surface area (Å²) in [4.78, 5) is 14.5. The predicted molar refractivity (Wildman–Crippen MR) is 94.6 cm³/mol. The molecular formula is C18H27N5O2. The first-order valence-corrected chi connectivity index (χ1v) is 8.92. The Morgan fingerprint density at radius 2 is 2.24 bits per heavy atom. The predicted octanol–water partition coefficient (Wildman–Crippen LogP) is 2.95. The average Bonchev–Trinajstić information content (AvgIpc) is 3.18. The van der Waals surface area contributed by atoms with E-state index in [0.717, 1.165) is 42.0 Å². The molecule has 1 aliphatic heterocycles. The molecule has 0 radical (unpaired) electrons. The number of carbonyl (C=O) groups excluding carboxylic acids is 1. The van der Waals surface area contributed by atoms with Crippen LogP contribution in [-0.4, -0.2) is 45.5 Å². The zero-order chi connectivity index (χ0) is 18.0. The minimum Gasteiger partial charge on any atom is -0.361 e. The van der Waals surface area contributed by atoms with Gasteiger partial charge >= 0.3 is 6.03 Å². The van der Waals surface area contributed by atoms with Gasteiger partial charge in [-0.05, 0) is 39.2 Å². The standard InChI is InChI=1S/C18H27N5O2/c1-12-8-20-23(10-12)16-6-5-7-22(11-16)18(24)19-9-13(2)17-14(3)21-25-15(17)4/h8,10,13,16H,5-7,9,11H2,1-4H3,(H,19,24). The van der Waals surface area contributed by atoms with E-state index in [1.807, 2.05) is 42.7 Å². The molecule has 0 bridgehead atoms. The van der Waals surface area contributed by atoms with Crippen LogP contribution >= 0.6 is 0 Å². The topological polar surface area (TPSA) is 76.2 Å². The van der Waals surface area contributed by atoms with E-state index in [1.165, 1.54) is 0 Å². The molecule has 25 heavy (non-hydrogen) atoms. The summed E-state index contributed by atoms with van der Waals surface area (Å²) in [7, 11) is 0. The normalized spacial score (nSPS) is 19.0. The molecular weight excluding hydrogens is 318 g/mol. The number of aromatic nitrogens is 3. The molecule has 136 valence electrons. The number of piperidine rings is 1. The fourth-order valence-corrected chi connectivity index (χ4v) is 3.64. The van der Waals surface area contributed by atoms with Gasteiger partial charge in [0.25, 0.3) is 0 Å². The lowest BCUT2D eigenvalue weighted by Crippen LogP contribution is -2.46. The van der Waals surface area contributed by atoms with Gasteiger partial charge in [-0.2, -0.15) is 5.10 Å². The molecule has 1 fully saturated rings. The first-order valence-electron chi connectivity index (χ1n) is 8.92. The zero-order valence-electron chi connectivity index (χ0n) is 15.5. The van der Waals surface area contributed by atoms with E-state index in [1.54, 1.807) is 0 Å². The van der Waals surface area contributed by atoms with E-state index < -0.39 is 0 Å². The van der Waals surface area contributed by atoms with Crippen molar-refractivity contribution in [2.75, 3.05) is 19.6 Å². The summed E-state index contributed by atoms with van der Waals surface area (Å²) in [6.07, 6.45) is 5.96. The molecule has 0 spiro atoms. The molecule has 1 aliphatic rings. The van der Waals surface area contributed by atoms with Gasteiger partial charge in [-0.25, -0.2) is 4.79 Å². The fourth-order valence-electron chi connectivity index (χ4n) is 3.64. The van der Waals surface area contributed by atoms with Crippen molar-refractivity contribution in [1.29, 1.82) is 0 Å². The van der Waals surface area contributed by atoms with Crippen molar-refractivity contribution in [2.24, 2.45) is 0 Å². The third-order valence-corrected chi connectivity index (χ3v) is 4.93. The molecule has 2 atom stereocenters. The maximum Gasteiger partial charge on any atom is 0.317 e. The highest BCUT2D eigenvalue weighted by Gasteiger charge is 2.26. The van der Waals surface area contributed by atoms with Crippen LogP contribution in [0, 0.1) is 20.8 Å². The maximum atomic E-state index is 12.6. The minimum atomic E-state index is -0.00723. The first-order chi connectivity index (χ1) is 12.0. The molecule has 3 heterocycles. The van der Waals surface area contributed by atoms with E-state index in [-0.39, 0.29) is 18.0 Å². The number of hydrogen-bond acceptors (Lipinski definition) is 4. The van der Waals surface area contributed by atoms with Crippen molar-refractivity contribution in [3.05, 3.63) is 35.0 Å². The summed E-state index contributed by atoms with van der Waals surface area (Å²) in [6, 6.07) is 0.250. The summed E-state index contributed by atoms with van der Waals surface area (Å²) in [5, 5.41) is 11.5. The number of urea groups is 1. The van der Waals surface area contributed by atoms with Crippen molar-refractivity contribution in [3.63, 3.8) is 0 Å². The Kier molecular flexibility index (Phi) is 5.11. The summed E-state index contributed by atoms with van der Waals surface area (Å²) >= 11 is 0. The number of nitrogens with one attached hydrogen (secondary N) is 1. The second-order valence-electron chi connectivity index (χ2n) is 7.06. The van der Waals surface area contributed by atoms with E-state index >= 15 is 0 Å². The average molecular weight is 345 g/mol. The van der Waals surface area contributed by atoms with Crippen LogP contribution in [-0.2, 0) is 0 Å². The Morgan fingerprint density at radius 1 is 1.44 bits per heavy atom. The van der Waals surface area contributed by atoms with Gasteiger partial charge in [0, 0.05) is 37.3 Å².